The van der Waals surface area contributed by atoms with Gasteiger partial charge in [0.05, 0.1) is 11.4 Å². The third-order valence-electron chi connectivity index (χ3n) is 3.82. The Morgan fingerprint density at radius 1 is 0.960 bits per heavy atom. The summed E-state index contributed by atoms with van der Waals surface area (Å²) in [7, 11) is 0. The number of aromatic nitrogens is 2. The average Bonchev–Trinajstić information content (AvgIpc) is 2.67. The smallest absolute Gasteiger partial charge is 0.220 e. The zero-order chi connectivity index (χ0) is 17.5. The SMILES string of the molecule is O=C(CCc1ccccc1F)NCc1ccc(-c2ccccn2)nc1. The van der Waals surface area contributed by atoms with Crippen molar-refractivity contribution in [3.8, 4) is 11.4 Å². The molecule has 0 atom stereocenters. The maximum atomic E-state index is 13.5. The number of amides is 1. The van der Waals surface area contributed by atoms with E-state index in [1.807, 2.05) is 30.3 Å². The maximum Gasteiger partial charge on any atom is 0.220 e. The van der Waals surface area contributed by atoms with E-state index in [9.17, 15) is 9.18 Å². The van der Waals surface area contributed by atoms with Gasteiger partial charge in [0.1, 0.15) is 5.82 Å². The van der Waals surface area contributed by atoms with Gasteiger partial charge in [-0.05, 0) is 41.8 Å². The second-order valence-electron chi connectivity index (χ2n) is 5.63. The Labute approximate surface area is 145 Å². The lowest BCUT2D eigenvalue weighted by atomic mass is 10.1. The molecule has 4 nitrogen and oxygen atoms in total. The quantitative estimate of drug-likeness (QED) is 0.750. The largest absolute Gasteiger partial charge is 0.352 e. The number of hydrogen-bond acceptors (Lipinski definition) is 3. The Kier molecular flexibility index (Phi) is 5.46. The van der Waals surface area contributed by atoms with Crippen LogP contribution in [0.5, 0.6) is 0 Å². The number of carbonyl (C=O) groups is 1. The fraction of sp³-hybridized carbons (Fsp3) is 0.150. The molecule has 0 radical (unpaired) electrons. The van der Waals surface area contributed by atoms with Crippen LogP contribution in [0.1, 0.15) is 17.5 Å². The molecule has 0 aliphatic heterocycles. The van der Waals surface area contributed by atoms with Crippen molar-refractivity contribution in [2.24, 2.45) is 0 Å². The molecule has 1 aromatic carbocycles. The van der Waals surface area contributed by atoms with Crippen LogP contribution in [0.25, 0.3) is 11.4 Å². The van der Waals surface area contributed by atoms with Crippen molar-refractivity contribution in [2.75, 3.05) is 0 Å². The molecule has 0 aliphatic carbocycles. The first-order valence-electron chi connectivity index (χ1n) is 8.09. The van der Waals surface area contributed by atoms with Crippen LogP contribution in [0.2, 0.25) is 0 Å². The Morgan fingerprint density at radius 3 is 2.48 bits per heavy atom. The summed E-state index contributed by atoms with van der Waals surface area (Å²) in [6.07, 6.45) is 4.08. The first-order chi connectivity index (χ1) is 12.2. The summed E-state index contributed by atoms with van der Waals surface area (Å²) in [5, 5.41) is 2.83. The number of halogens is 1. The van der Waals surface area contributed by atoms with E-state index in [-0.39, 0.29) is 18.1 Å². The standard InChI is InChI=1S/C20H18FN3O/c21-17-6-2-1-5-16(17)9-11-20(25)24-14-15-8-10-19(23-13-15)18-7-3-4-12-22-18/h1-8,10,12-13H,9,11,14H2,(H,24,25). The van der Waals surface area contributed by atoms with Gasteiger partial charge in [0.15, 0.2) is 0 Å². The van der Waals surface area contributed by atoms with Gasteiger partial charge < -0.3 is 5.32 Å². The fourth-order valence-electron chi connectivity index (χ4n) is 2.43. The van der Waals surface area contributed by atoms with Gasteiger partial charge in [0.2, 0.25) is 5.91 Å². The summed E-state index contributed by atoms with van der Waals surface area (Å²) < 4.78 is 13.5. The molecule has 0 bridgehead atoms. The van der Waals surface area contributed by atoms with Gasteiger partial charge in [-0.3, -0.25) is 14.8 Å². The third kappa shape index (κ3) is 4.70. The zero-order valence-electron chi connectivity index (χ0n) is 13.7. The highest BCUT2D eigenvalue weighted by atomic mass is 19.1. The number of rotatable bonds is 6. The first-order valence-corrected chi connectivity index (χ1v) is 8.09. The van der Waals surface area contributed by atoms with E-state index in [0.717, 1.165) is 17.0 Å². The summed E-state index contributed by atoms with van der Waals surface area (Å²) in [5.74, 6) is -0.387. The molecule has 2 aromatic heterocycles. The van der Waals surface area contributed by atoms with Gasteiger partial charge in [-0.2, -0.15) is 0 Å². The molecule has 0 spiro atoms. The van der Waals surface area contributed by atoms with E-state index in [2.05, 4.69) is 15.3 Å². The summed E-state index contributed by atoms with van der Waals surface area (Å²) in [6, 6.07) is 16.0. The Balaban J connectivity index is 1.50. The molecule has 0 aliphatic rings. The lowest BCUT2D eigenvalue weighted by Gasteiger charge is -2.07. The molecule has 0 saturated heterocycles. The predicted molar refractivity (Wildman–Crippen MR) is 94.0 cm³/mol. The zero-order valence-corrected chi connectivity index (χ0v) is 13.7. The van der Waals surface area contributed by atoms with Crippen LogP contribution >= 0.6 is 0 Å². The molecule has 1 amide bonds. The van der Waals surface area contributed by atoms with Gasteiger partial charge in [0, 0.05) is 25.4 Å². The molecule has 0 saturated carbocycles. The van der Waals surface area contributed by atoms with Crippen LogP contribution in [0.3, 0.4) is 0 Å². The molecular weight excluding hydrogens is 317 g/mol. The van der Waals surface area contributed by atoms with E-state index < -0.39 is 0 Å². The van der Waals surface area contributed by atoms with E-state index in [1.54, 1.807) is 30.6 Å². The Bertz CT molecular complexity index is 835. The van der Waals surface area contributed by atoms with Crippen molar-refractivity contribution in [1.82, 2.24) is 15.3 Å². The van der Waals surface area contributed by atoms with Gasteiger partial charge >= 0.3 is 0 Å². The van der Waals surface area contributed by atoms with Gasteiger partial charge in [-0.15, -0.1) is 0 Å². The highest BCUT2D eigenvalue weighted by Gasteiger charge is 2.06. The van der Waals surface area contributed by atoms with Crippen LogP contribution in [-0.2, 0) is 17.8 Å². The number of nitrogens with one attached hydrogen (secondary N) is 1. The molecule has 1 N–H and O–H groups in total. The second kappa shape index (κ2) is 8.15. The summed E-state index contributed by atoms with van der Waals surface area (Å²) >= 11 is 0. The van der Waals surface area contributed by atoms with Gasteiger partial charge in [0.25, 0.3) is 0 Å². The van der Waals surface area contributed by atoms with Crippen molar-refractivity contribution >= 4 is 5.91 Å². The lowest BCUT2D eigenvalue weighted by molar-refractivity contribution is -0.121. The topological polar surface area (TPSA) is 54.9 Å². The monoisotopic (exact) mass is 335 g/mol. The van der Waals surface area contributed by atoms with Gasteiger partial charge in [-0.25, -0.2) is 4.39 Å². The second-order valence-corrected chi connectivity index (χ2v) is 5.63. The van der Waals surface area contributed by atoms with Crippen LogP contribution in [-0.4, -0.2) is 15.9 Å². The number of aryl methyl sites for hydroxylation is 1. The fourth-order valence-corrected chi connectivity index (χ4v) is 2.43. The van der Waals surface area contributed by atoms with Crippen molar-refractivity contribution in [1.29, 1.82) is 0 Å². The van der Waals surface area contributed by atoms with Crippen LogP contribution in [0.4, 0.5) is 4.39 Å². The number of nitrogens with zero attached hydrogens (tertiary/aromatic N) is 2. The highest BCUT2D eigenvalue weighted by molar-refractivity contribution is 5.76. The molecule has 0 fully saturated rings. The third-order valence-corrected chi connectivity index (χ3v) is 3.82. The molecular formula is C20H18FN3O. The molecule has 126 valence electrons. The molecule has 25 heavy (non-hydrogen) atoms. The summed E-state index contributed by atoms with van der Waals surface area (Å²) in [6.45, 7) is 0.394. The van der Waals surface area contributed by atoms with Crippen molar-refractivity contribution < 1.29 is 9.18 Å². The number of pyridine rings is 2. The van der Waals surface area contributed by atoms with E-state index >= 15 is 0 Å². The predicted octanol–water partition coefficient (Wildman–Crippen LogP) is 3.53. The highest BCUT2D eigenvalue weighted by Crippen LogP contribution is 2.13. The minimum absolute atomic E-state index is 0.114. The van der Waals surface area contributed by atoms with E-state index in [4.69, 9.17) is 0 Å². The molecule has 0 unspecified atom stereocenters. The normalized spacial score (nSPS) is 10.4. The Morgan fingerprint density at radius 2 is 1.76 bits per heavy atom. The maximum absolute atomic E-state index is 13.5. The van der Waals surface area contributed by atoms with Crippen molar-refractivity contribution in [3.05, 3.63) is 83.9 Å². The molecule has 5 heteroatoms. The molecule has 2 heterocycles. The number of benzene rings is 1. The number of carbonyl (C=O) groups excluding carboxylic acids is 1. The molecule has 3 rings (SSSR count). The van der Waals surface area contributed by atoms with Crippen LogP contribution in [0, 0.1) is 5.82 Å². The van der Waals surface area contributed by atoms with Gasteiger partial charge in [-0.1, -0.05) is 30.3 Å². The van der Waals surface area contributed by atoms with E-state index in [1.165, 1.54) is 6.07 Å². The lowest BCUT2D eigenvalue weighted by Crippen LogP contribution is -2.23. The average molecular weight is 335 g/mol. The number of hydrogen-bond donors (Lipinski definition) is 1. The van der Waals surface area contributed by atoms with Crippen molar-refractivity contribution in [2.45, 2.75) is 19.4 Å². The van der Waals surface area contributed by atoms with Crippen molar-refractivity contribution in [3.63, 3.8) is 0 Å². The minimum Gasteiger partial charge on any atom is -0.352 e. The minimum atomic E-state index is -0.274. The summed E-state index contributed by atoms with van der Waals surface area (Å²) in [5.41, 5.74) is 3.05. The summed E-state index contributed by atoms with van der Waals surface area (Å²) in [4.78, 5) is 20.5. The van der Waals surface area contributed by atoms with E-state index in [0.29, 0.717) is 18.5 Å². The first kappa shape index (κ1) is 16.8. The van der Waals surface area contributed by atoms with Crippen LogP contribution in [0.15, 0.2) is 67.0 Å². The van der Waals surface area contributed by atoms with Crippen LogP contribution < -0.4 is 5.32 Å². The molecule has 3 aromatic rings. The Hall–Kier alpha value is -3.08.